The Bertz CT molecular complexity index is 1210. The number of carbonyl (C=O) groups excluding carboxylic acids is 1. The van der Waals surface area contributed by atoms with E-state index in [1.807, 2.05) is 24.3 Å². The molecule has 7 nitrogen and oxygen atoms in total. The molecule has 1 N–H and O–H groups in total. The molecule has 1 aliphatic carbocycles. The second-order valence-electron chi connectivity index (χ2n) is 6.49. The van der Waals surface area contributed by atoms with Crippen LogP contribution in [0.1, 0.15) is 41.5 Å². The van der Waals surface area contributed by atoms with Crippen LogP contribution in [0.3, 0.4) is 0 Å². The van der Waals surface area contributed by atoms with Crippen molar-refractivity contribution in [3.8, 4) is 17.7 Å². The van der Waals surface area contributed by atoms with Gasteiger partial charge in [0.1, 0.15) is 0 Å². The van der Waals surface area contributed by atoms with Gasteiger partial charge in [0.2, 0.25) is 11.7 Å². The van der Waals surface area contributed by atoms with Crippen molar-refractivity contribution in [3.63, 3.8) is 0 Å². The Labute approximate surface area is 168 Å². The van der Waals surface area contributed by atoms with Crippen LogP contribution in [0.15, 0.2) is 60.1 Å². The fraction of sp³-hybridized carbons (Fsp3) is 0.182. The molecule has 2 aromatic heterocycles. The van der Waals surface area contributed by atoms with Gasteiger partial charge in [-0.3, -0.25) is 9.20 Å². The molecule has 0 unspecified atom stereocenters. The van der Waals surface area contributed by atoms with Gasteiger partial charge < -0.3 is 10.1 Å². The predicted molar refractivity (Wildman–Crippen MR) is 108 cm³/mol. The minimum absolute atomic E-state index is 0.155. The van der Waals surface area contributed by atoms with Crippen molar-refractivity contribution in [2.75, 3.05) is 7.11 Å². The van der Waals surface area contributed by atoms with Crippen molar-refractivity contribution in [2.45, 2.75) is 19.8 Å². The number of allylic oxidation sites excluding steroid dienone is 3. The third-order valence-corrected chi connectivity index (χ3v) is 4.58. The number of methoxy groups -OCH3 is 1. The van der Waals surface area contributed by atoms with Crippen LogP contribution in [0.25, 0.3) is 5.65 Å². The number of benzene rings is 1. The normalized spacial score (nSPS) is 12.8. The average molecular weight is 385 g/mol. The van der Waals surface area contributed by atoms with E-state index >= 15 is 0 Å². The van der Waals surface area contributed by atoms with E-state index in [9.17, 15) is 4.79 Å². The molecule has 4 rings (SSSR count). The zero-order valence-corrected chi connectivity index (χ0v) is 16.1. The van der Waals surface area contributed by atoms with Crippen LogP contribution < -0.4 is 10.1 Å². The van der Waals surface area contributed by atoms with Crippen LogP contribution in [0.5, 0.6) is 5.88 Å². The second-order valence-corrected chi connectivity index (χ2v) is 6.49. The molecule has 0 aliphatic heterocycles. The Balaban J connectivity index is 1.55. The molecule has 144 valence electrons. The predicted octanol–water partition coefficient (Wildman–Crippen LogP) is 2.89. The first-order chi connectivity index (χ1) is 14.2. The maximum Gasteiger partial charge on any atom is 0.255 e. The smallest absolute Gasteiger partial charge is 0.255 e. The number of hydrogen-bond acceptors (Lipinski definition) is 5. The van der Waals surface area contributed by atoms with Crippen molar-refractivity contribution in [1.29, 1.82) is 0 Å². The highest BCUT2D eigenvalue weighted by molar-refractivity contribution is 5.96. The summed E-state index contributed by atoms with van der Waals surface area (Å²) in [7, 11) is 1.54. The molecular formula is C22H19N5O2. The number of fused-ring (bicyclic) bond motifs is 1. The lowest BCUT2D eigenvalue weighted by atomic mass is 10.1. The summed E-state index contributed by atoms with van der Waals surface area (Å²) < 4.78 is 6.84. The van der Waals surface area contributed by atoms with Crippen LogP contribution in [-0.2, 0) is 0 Å². The van der Waals surface area contributed by atoms with Gasteiger partial charge >= 0.3 is 0 Å². The maximum absolute atomic E-state index is 12.5. The van der Waals surface area contributed by atoms with Gasteiger partial charge in [0.15, 0.2) is 5.65 Å². The second kappa shape index (κ2) is 7.98. The van der Waals surface area contributed by atoms with Gasteiger partial charge in [0, 0.05) is 16.8 Å². The number of nitrogens with zero attached hydrogens (tertiary/aromatic N) is 4. The summed E-state index contributed by atoms with van der Waals surface area (Å²) in [6.07, 6.45) is 9.18. The number of carbonyl (C=O) groups is 1. The lowest BCUT2D eigenvalue weighted by molar-refractivity contribution is 0.0967. The SMILES string of the molecule is CCC1=CC(NC(=O)c2cccc(C#Cc3nnc4cnc(OC)cn34)c2)=CC1. The molecule has 0 fully saturated rings. The standard InChI is InChI=1S/C22H19N5O2/c1-3-15-7-9-18(12-15)24-22(28)17-6-4-5-16(11-17)8-10-19-25-26-20-13-23-21(29-2)14-27(19)20/h4-6,9,11-14H,3,7H2,1-2H3,(H,24,28). The first-order valence-corrected chi connectivity index (χ1v) is 9.24. The van der Waals surface area contributed by atoms with Crippen LogP contribution in [0.4, 0.5) is 0 Å². The number of rotatable bonds is 4. The van der Waals surface area contributed by atoms with Gasteiger partial charge in [0.25, 0.3) is 5.91 Å². The van der Waals surface area contributed by atoms with Crippen LogP contribution >= 0.6 is 0 Å². The maximum atomic E-state index is 12.5. The molecule has 2 heterocycles. The van der Waals surface area contributed by atoms with E-state index in [1.165, 1.54) is 5.57 Å². The van der Waals surface area contributed by atoms with Crippen molar-refractivity contribution in [1.82, 2.24) is 24.9 Å². The number of hydrogen-bond donors (Lipinski definition) is 1. The van der Waals surface area contributed by atoms with Gasteiger partial charge in [-0.2, -0.15) is 0 Å². The highest BCUT2D eigenvalue weighted by Crippen LogP contribution is 2.18. The molecule has 0 atom stereocenters. The third-order valence-electron chi connectivity index (χ3n) is 4.58. The van der Waals surface area contributed by atoms with E-state index in [2.05, 4.69) is 39.3 Å². The molecule has 1 aliphatic rings. The number of aromatic nitrogens is 4. The average Bonchev–Trinajstić information content (AvgIpc) is 3.38. The summed E-state index contributed by atoms with van der Waals surface area (Å²) in [5.74, 6) is 6.78. The molecule has 7 heteroatoms. The summed E-state index contributed by atoms with van der Waals surface area (Å²) in [4.78, 5) is 16.6. The van der Waals surface area contributed by atoms with Gasteiger partial charge in [-0.05, 0) is 43.0 Å². The molecule has 0 radical (unpaired) electrons. The van der Waals surface area contributed by atoms with Gasteiger partial charge in [-0.15, -0.1) is 10.2 Å². The fourth-order valence-electron chi connectivity index (χ4n) is 2.96. The number of nitrogens with one attached hydrogen (secondary N) is 1. The van der Waals surface area contributed by atoms with Crippen molar-refractivity contribution < 1.29 is 9.53 Å². The molecule has 0 saturated carbocycles. The first-order valence-electron chi connectivity index (χ1n) is 9.24. The Morgan fingerprint density at radius 1 is 1.31 bits per heavy atom. The lowest BCUT2D eigenvalue weighted by Crippen LogP contribution is -2.21. The van der Waals surface area contributed by atoms with Gasteiger partial charge in [-0.25, -0.2) is 4.98 Å². The minimum Gasteiger partial charge on any atom is -0.480 e. The Morgan fingerprint density at radius 3 is 3.00 bits per heavy atom. The highest BCUT2D eigenvalue weighted by atomic mass is 16.5. The monoisotopic (exact) mass is 385 g/mol. The van der Waals surface area contributed by atoms with Crippen molar-refractivity contribution >= 4 is 11.6 Å². The van der Waals surface area contributed by atoms with Crippen molar-refractivity contribution in [2.24, 2.45) is 0 Å². The Kier molecular flexibility index (Phi) is 5.08. The van der Waals surface area contributed by atoms with E-state index in [4.69, 9.17) is 4.74 Å². The summed E-state index contributed by atoms with van der Waals surface area (Å²) in [6.45, 7) is 2.11. The Morgan fingerprint density at radius 2 is 2.21 bits per heavy atom. The van der Waals surface area contributed by atoms with Crippen LogP contribution in [-0.4, -0.2) is 32.6 Å². The quantitative estimate of drug-likeness (QED) is 0.699. The highest BCUT2D eigenvalue weighted by Gasteiger charge is 2.11. The zero-order valence-electron chi connectivity index (χ0n) is 16.1. The zero-order chi connectivity index (χ0) is 20.2. The lowest BCUT2D eigenvalue weighted by Gasteiger charge is -2.04. The molecule has 1 amide bonds. The van der Waals surface area contributed by atoms with Crippen LogP contribution in [0, 0.1) is 11.8 Å². The summed E-state index contributed by atoms with van der Waals surface area (Å²) in [5, 5.41) is 11.1. The van der Waals surface area contributed by atoms with Gasteiger partial charge in [-0.1, -0.05) is 30.6 Å². The minimum atomic E-state index is -0.155. The first kappa shape index (κ1) is 18.4. The van der Waals surface area contributed by atoms with Gasteiger partial charge in [0.05, 0.1) is 19.5 Å². The van der Waals surface area contributed by atoms with E-state index < -0.39 is 0 Å². The summed E-state index contributed by atoms with van der Waals surface area (Å²) in [6, 6.07) is 7.18. The van der Waals surface area contributed by atoms with Crippen LogP contribution in [0.2, 0.25) is 0 Å². The van der Waals surface area contributed by atoms with E-state index in [0.717, 1.165) is 18.5 Å². The summed E-state index contributed by atoms with van der Waals surface area (Å²) >= 11 is 0. The summed E-state index contributed by atoms with van der Waals surface area (Å²) in [5.41, 5.74) is 3.99. The molecule has 0 saturated heterocycles. The largest absolute Gasteiger partial charge is 0.480 e. The molecular weight excluding hydrogens is 366 g/mol. The fourth-order valence-corrected chi connectivity index (χ4v) is 2.96. The number of ether oxygens (including phenoxy) is 1. The molecule has 0 spiro atoms. The van der Waals surface area contributed by atoms with E-state index in [0.29, 0.717) is 28.5 Å². The molecule has 3 aromatic rings. The van der Waals surface area contributed by atoms with E-state index in [1.54, 1.807) is 36.0 Å². The van der Waals surface area contributed by atoms with E-state index in [-0.39, 0.29) is 5.91 Å². The molecule has 0 bridgehead atoms. The molecule has 29 heavy (non-hydrogen) atoms. The Hall–Kier alpha value is -3.92. The third kappa shape index (κ3) is 4.01. The van der Waals surface area contributed by atoms with Crippen molar-refractivity contribution in [3.05, 3.63) is 77.0 Å². The topological polar surface area (TPSA) is 81.4 Å². The molecule has 1 aromatic carbocycles. The number of amides is 1.